The lowest BCUT2D eigenvalue weighted by Crippen LogP contribution is -2.25. The highest BCUT2D eigenvalue weighted by Crippen LogP contribution is 2.39. The molecule has 1 N–H and O–H groups in total. The monoisotopic (exact) mass is 293 g/mol. The molecule has 1 heterocycles. The molecule has 0 aliphatic carbocycles. The van der Waals surface area contributed by atoms with Crippen molar-refractivity contribution in [3.63, 3.8) is 0 Å². The summed E-state index contributed by atoms with van der Waals surface area (Å²) in [6.07, 6.45) is 4.86. The molecule has 0 amide bonds. The van der Waals surface area contributed by atoms with E-state index in [2.05, 4.69) is 19.2 Å². The predicted molar refractivity (Wildman–Crippen MR) is 79.4 cm³/mol. The van der Waals surface area contributed by atoms with Gasteiger partial charge in [-0.25, -0.2) is 0 Å². The van der Waals surface area contributed by atoms with Gasteiger partial charge in [-0.3, -0.25) is 0 Å². The van der Waals surface area contributed by atoms with Crippen molar-refractivity contribution in [1.82, 2.24) is 5.32 Å². The molecule has 4 heteroatoms. The Morgan fingerprint density at radius 3 is 2.18 bits per heavy atom. The number of rotatable bonds is 7. The third-order valence-electron chi connectivity index (χ3n) is 3.12. The summed E-state index contributed by atoms with van der Waals surface area (Å²) in [6.45, 7) is 4.47. The predicted octanol–water partition coefficient (Wildman–Crippen LogP) is 5.53. The van der Waals surface area contributed by atoms with Crippen molar-refractivity contribution < 1.29 is 0 Å². The number of halogens is 2. The van der Waals surface area contributed by atoms with Crippen molar-refractivity contribution in [2.24, 2.45) is 5.92 Å². The number of hydrogen-bond donors (Lipinski definition) is 1. The number of nitrogens with one attached hydrogen (secondary N) is 1. The number of hydrogen-bond acceptors (Lipinski definition) is 2. The van der Waals surface area contributed by atoms with Gasteiger partial charge in [-0.15, -0.1) is 11.3 Å². The zero-order chi connectivity index (χ0) is 12.8. The molecule has 0 aliphatic rings. The van der Waals surface area contributed by atoms with E-state index >= 15 is 0 Å². The zero-order valence-electron chi connectivity index (χ0n) is 10.7. The molecule has 0 aliphatic heterocycles. The van der Waals surface area contributed by atoms with Crippen LogP contribution in [-0.4, -0.2) is 7.05 Å². The summed E-state index contributed by atoms with van der Waals surface area (Å²) >= 11 is 13.7. The van der Waals surface area contributed by atoms with Gasteiger partial charge in [0.05, 0.1) is 8.67 Å². The van der Waals surface area contributed by atoms with E-state index in [1.807, 2.05) is 13.1 Å². The molecule has 0 fully saturated rings. The van der Waals surface area contributed by atoms with Crippen LogP contribution in [0.25, 0.3) is 0 Å². The fourth-order valence-corrected chi connectivity index (χ4v) is 3.98. The van der Waals surface area contributed by atoms with Gasteiger partial charge < -0.3 is 5.32 Å². The van der Waals surface area contributed by atoms with E-state index in [1.54, 1.807) is 0 Å². The van der Waals surface area contributed by atoms with Gasteiger partial charge in [-0.05, 0) is 31.9 Å². The third-order valence-corrected chi connectivity index (χ3v) is 4.64. The highest BCUT2D eigenvalue weighted by atomic mass is 35.5. The van der Waals surface area contributed by atoms with Crippen LogP contribution in [0.15, 0.2) is 6.07 Å². The van der Waals surface area contributed by atoms with Crippen molar-refractivity contribution in [1.29, 1.82) is 0 Å². The summed E-state index contributed by atoms with van der Waals surface area (Å²) in [4.78, 5) is 0. The molecule has 0 saturated carbocycles. The molecule has 17 heavy (non-hydrogen) atoms. The van der Waals surface area contributed by atoms with E-state index in [0.717, 1.165) is 14.2 Å². The standard InChI is InChI=1S/C13H21Cl2NS/c1-4-6-9(7-5-2)12(16-3)10-8-11(14)17-13(10)15/h8-9,12,16H,4-7H2,1-3H3. The molecular weight excluding hydrogens is 273 g/mol. The van der Waals surface area contributed by atoms with E-state index in [9.17, 15) is 0 Å². The van der Waals surface area contributed by atoms with Crippen molar-refractivity contribution >= 4 is 34.5 Å². The summed E-state index contributed by atoms with van der Waals surface area (Å²) in [7, 11) is 2.00. The highest BCUT2D eigenvalue weighted by Gasteiger charge is 2.24. The van der Waals surface area contributed by atoms with Gasteiger partial charge >= 0.3 is 0 Å². The Hall–Kier alpha value is 0.240. The minimum atomic E-state index is 0.325. The van der Waals surface area contributed by atoms with Gasteiger partial charge in [-0.2, -0.15) is 0 Å². The van der Waals surface area contributed by atoms with E-state index in [-0.39, 0.29) is 0 Å². The Balaban J connectivity index is 2.90. The second-order valence-corrected chi connectivity index (χ2v) is 6.67. The molecule has 0 saturated heterocycles. The lowest BCUT2D eigenvalue weighted by Gasteiger charge is -2.26. The molecule has 0 aromatic carbocycles. The summed E-state index contributed by atoms with van der Waals surface area (Å²) in [5.41, 5.74) is 1.16. The summed E-state index contributed by atoms with van der Waals surface area (Å²) in [5, 5.41) is 3.41. The topological polar surface area (TPSA) is 12.0 Å². The first-order chi connectivity index (χ1) is 8.13. The van der Waals surface area contributed by atoms with Gasteiger partial charge in [0.2, 0.25) is 0 Å². The molecule has 1 aromatic rings. The molecule has 1 atom stereocenters. The third kappa shape index (κ3) is 4.13. The molecule has 98 valence electrons. The van der Waals surface area contributed by atoms with Crippen molar-refractivity contribution in [2.75, 3.05) is 7.05 Å². The van der Waals surface area contributed by atoms with Crippen LogP contribution >= 0.6 is 34.5 Å². The van der Waals surface area contributed by atoms with Crippen LogP contribution < -0.4 is 5.32 Å². The van der Waals surface area contributed by atoms with E-state index < -0.39 is 0 Å². The Kier molecular flexibility index (Phi) is 6.86. The van der Waals surface area contributed by atoms with Crippen LogP contribution in [-0.2, 0) is 0 Å². The SMILES string of the molecule is CCCC(CCC)C(NC)c1cc(Cl)sc1Cl. The average Bonchev–Trinajstić information content (AvgIpc) is 2.60. The molecule has 1 rings (SSSR count). The Morgan fingerprint density at radius 1 is 1.24 bits per heavy atom. The second-order valence-electron chi connectivity index (χ2n) is 4.38. The maximum absolute atomic E-state index is 6.26. The molecule has 1 aromatic heterocycles. The smallest absolute Gasteiger partial charge is 0.0992 e. The largest absolute Gasteiger partial charge is 0.313 e. The van der Waals surface area contributed by atoms with Crippen LogP contribution in [0.5, 0.6) is 0 Å². The average molecular weight is 294 g/mol. The van der Waals surface area contributed by atoms with E-state index in [1.165, 1.54) is 37.0 Å². The molecule has 0 radical (unpaired) electrons. The minimum absolute atomic E-state index is 0.325. The molecule has 1 unspecified atom stereocenters. The molecule has 1 nitrogen and oxygen atoms in total. The van der Waals surface area contributed by atoms with Crippen molar-refractivity contribution in [3.8, 4) is 0 Å². The van der Waals surface area contributed by atoms with Crippen LogP contribution in [0.3, 0.4) is 0 Å². The van der Waals surface area contributed by atoms with Gasteiger partial charge in [0.25, 0.3) is 0 Å². The maximum atomic E-state index is 6.26. The second kappa shape index (κ2) is 7.63. The quantitative estimate of drug-likeness (QED) is 0.697. The van der Waals surface area contributed by atoms with E-state index in [0.29, 0.717) is 12.0 Å². The van der Waals surface area contributed by atoms with Crippen LogP contribution in [0.2, 0.25) is 8.67 Å². The van der Waals surface area contributed by atoms with E-state index in [4.69, 9.17) is 23.2 Å². The maximum Gasteiger partial charge on any atom is 0.0992 e. The molecular formula is C13H21Cl2NS. The van der Waals surface area contributed by atoms with Crippen LogP contribution in [0.1, 0.15) is 51.1 Å². The normalized spacial score (nSPS) is 13.3. The van der Waals surface area contributed by atoms with Gasteiger partial charge in [0.15, 0.2) is 0 Å². The molecule has 0 bridgehead atoms. The summed E-state index contributed by atoms with van der Waals surface area (Å²) in [6, 6.07) is 2.33. The highest BCUT2D eigenvalue weighted by molar-refractivity contribution is 7.20. The lowest BCUT2D eigenvalue weighted by atomic mass is 9.87. The first-order valence-electron chi connectivity index (χ1n) is 6.25. The number of thiophene rings is 1. The first kappa shape index (κ1) is 15.3. The lowest BCUT2D eigenvalue weighted by molar-refractivity contribution is 0.331. The first-order valence-corrected chi connectivity index (χ1v) is 7.83. The zero-order valence-corrected chi connectivity index (χ0v) is 13.1. The van der Waals surface area contributed by atoms with Crippen LogP contribution in [0.4, 0.5) is 0 Å². The Morgan fingerprint density at radius 2 is 1.82 bits per heavy atom. The summed E-state index contributed by atoms with van der Waals surface area (Å²) in [5.74, 6) is 0.637. The summed E-state index contributed by atoms with van der Waals surface area (Å²) < 4.78 is 1.60. The Labute approximate surface area is 119 Å². The fourth-order valence-electron chi connectivity index (χ4n) is 2.43. The Bertz CT molecular complexity index is 332. The van der Waals surface area contributed by atoms with Crippen molar-refractivity contribution in [3.05, 3.63) is 20.3 Å². The minimum Gasteiger partial charge on any atom is -0.313 e. The van der Waals surface area contributed by atoms with Gasteiger partial charge in [-0.1, -0.05) is 49.9 Å². The van der Waals surface area contributed by atoms with Gasteiger partial charge in [0, 0.05) is 11.6 Å². The molecule has 0 spiro atoms. The fraction of sp³-hybridized carbons (Fsp3) is 0.692. The van der Waals surface area contributed by atoms with Crippen LogP contribution in [0, 0.1) is 5.92 Å². The van der Waals surface area contributed by atoms with Gasteiger partial charge in [0.1, 0.15) is 0 Å². The van der Waals surface area contributed by atoms with Crippen molar-refractivity contribution in [2.45, 2.75) is 45.6 Å².